The van der Waals surface area contributed by atoms with Crippen LogP contribution in [-0.2, 0) is 6.54 Å². The van der Waals surface area contributed by atoms with E-state index in [0.717, 1.165) is 24.6 Å². The standard InChI is InChI=1S/C12H23N3S/c1-9(2)15(5)7-6-13-8-12-10(3)14-11(4)16-12/h9,13H,6-8H2,1-5H3. The lowest BCUT2D eigenvalue weighted by Crippen LogP contribution is -2.33. The Labute approximate surface area is 103 Å². The summed E-state index contributed by atoms with van der Waals surface area (Å²) >= 11 is 1.79. The quantitative estimate of drug-likeness (QED) is 0.774. The second-order valence-corrected chi connectivity index (χ2v) is 5.78. The van der Waals surface area contributed by atoms with Gasteiger partial charge < -0.3 is 10.2 Å². The molecule has 0 atom stereocenters. The third-order valence-corrected chi connectivity index (χ3v) is 3.88. The molecule has 0 amide bonds. The minimum atomic E-state index is 0.620. The zero-order valence-corrected chi connectivity index (χ0v) is 11.8. The minimum absolute atomic E-state index is 0.620. The summed E-state index contributed by atoms with van der Waals surface area (Å²) in [4.78, 5) is 8.13. The van der Waals surface area contributed by atoms with E-state index < -0.39 is 0 Å². The average Bonchev–Trinajstić information content (AvgIpc) is 2.51. The van der Waals surface area contributed by atoms with Gasteiger partial charge in [-0.2, -0.15) is 0 Å². The number of aryl methyl sites for hydroxylation is 2. The SMILES string of the molecule is Cc1nc(C)c(CNCCN(C)C(C)C)s1. The van der Waals surface area contributed by atoms with Crippen LogP contribution < -0.4 is 5.32 Å². The Kier molecular flexibility index (Phi) is 5.38. The highest BCUT2D eigenvalue weighted by Gasteiger charge is 2.05. The van der Waals surface area contributed by atoms with Gasteiger partial charge in [0.15, 0.2) is 0 Å². The second-order valence-electron chi connectivity index (χ2n) is 4.49. The van der Waals surface area contributed by atoms with E-state index in [0.29, 0.717) is 6.04 Å². The first-order valence-electron chi connectivity index (χ1n) is 5.84. The molecule has 0 aliphatic carbocycles. The molecule has 0 saturated carbocycles. The van der Waals surface area contributed by atoms with Crippen molar-refractivity contribution in [3.05, 3.63) is 15.6 Å². The van der Waals surface area contributed by atoms with E-state index >= 15 is 0 Å². The van der Waals surface area contributed by atoms with Gasteiger partial charge in [-0.3, -0.25) is 0 Å². The highest BCUT2D eigenvalue weighted by Crippen LogP contribution is 2.16. The van der Waals surface area contributed by atoms with E-state index in [-0.39, 0.29) is 0 Å². The molecule has 3 nitrogen and oxygen atoms in total. The number of likely N-dealkylation sites (N-methyl/N-ethyl adjacent to an activating group) is 1. The Balaban J connectivity index is 2.23. The van der Waals surface area contributed by atoms with Gasteiger partial charge in [-0.1, -0.05) is 0 Å². The smallest absolute Gasteiger partial charge is 0.0900 e. The second kappa shape index (κ2) is 6.33. The largest absolute Gasteiger partial charge is 0.311 e. The van der Waals surface area contributed by atoms with Gasteiger partial charge in [0.2, 0.25) is 0 Å². The Hall–Kier alpha value is -0.450. The Morgan fingerprint density at radius 1 is 1.38 bits per heavy atom. The van der Waals surface area contributed by atoms with Crippen molar-refractivity contribution in [2.24, 2.45) is 0 Å². The fourth-order valence-corrected chi connectivity index (χ4v) is 2.36. The van der Waals surface area contributed by atoms with Gasteiger partial charge in [-0.25, -0.2) is 4.98 Å². The maximum atomic E-state index is 4.42. The van der Waals surface area contributed by atoms with Crippen molar-refractivity contribution in [2.75, 3.05) is 20.1 Å². The van der Waals surface area contributed by atoms with E-state index in [9.17, 15) is 0 Å². The normalized spacial score (nSPS) is 11.7. The van der Waals surface area contributed by atoms with Crippen molar-refractivity contribution < 1.29 is 0 Å². The van der Waals surface area contributed by atoms with Crippen LogP contribution in [0.5, 0.6) is 0 Å². The molecule has 0 aromatic carbocycles. The maximum Gasteiger partial charge on any atom is 0.0900 e. The Morgan fingerprint density at radius 2 is 2.06 bits per heavy atom. The lowest BCUT2D eigenvalue weighted by atomic mass is 10.3. The molecule has 1 N–H and O–H groups in total. The summed E-state index contributed by atoms with van der Waals surface area (Å²) in [6, 6.07) is 0.620. The zero-order chi connectivity index (χ0) is 12.1. The predicted octanol–water partition coefficient (Wildman–Crippen LogP) is 2.19. The molecule has 0 bridgehead atoms. The van der Waals surface area contributed by atoms with Gasteiger partial charge in [0.1, 0.15) is 0 Å². The monoisotopic (exact) mass is 241 g/mol. The van der Waals surface area contributed by atoms with E-state index in [1.54, 1.807) is 11.3 Å². The number of thiazole rings is 1. The lowest BCUT2D eigenvalue weighted by Gasteiger charge is -2.20. The number of hydrogen-bond donors (Lipinski definition) is 1. The average molecular weight is 241 g/mol. The van der Waals surface area contributed by atoms with Crippen molar-refractivity contribution >= 4 is 11.3 Å². The van der Waals surface area contributed by atoms with Crippen molar-refractivity contribution in [1.29, 1.82) is 0 Å². The molecule has 1 rings (SSSR count). The molecule has 0 aliphatic rings. The molecule has 1 heterocycles. The van der Waals surface area contributed by atoms with Crippen molar-refractivity contribution in [1.82, 2.24) is 15.2 Å². The molecular formula is C12H23N3S. The number of rotatable bonds is 6. The number of nitrogens with one attached hydrogen (secondary N) is 1. The summed E-state index contributed by atoms with van der Waals surface area (Å²) in [5.74, 6) is 0. The molecule has 0 unspecified atom stereocenters. The van der Waals surface area contributed by atoms with Crippen molar-refractivity contribution in [3.63, 3.8) is 0 Å². The van der Waals surface area contributed by atoms with Crippen LogP contribution in [0, 0.1) is 13.8 Å². The zero-order valence-electron chi connectivity index (χ0n) is 11.0. The summed E-state index contributed by atoms with van der Waals surface area (Å²) in [5, 5.41) is 4.63. The summed E-state index contributed by atoms with van der Waals surface area (Å²) < 4.78 is 0. The van der Waals surface area contributed by atoms with Gasteiger partial charge in [-0.15, -0.1) is 11.3 Å². The van der Waals surface area contributed by atoms with E-state index in [1.807, 2.05) is 0 Å². The third kappa shape index (κ3) is 4.20. The first kappa shape index (κ1) is 13.6. The molecule has 0 spiro atoms. The highest BCUT2D eigenvalue weighted by atomic mass is 32.1. The van der Waals surface area contributed by atoms with Crippen LogP contribution >= 0.6 is 11.3 Å². The summed E-state index contributed by atoms with van der Waals surface area (Å²) in [7, 11) is 2.16. The Bertz CT molecular complexity index is 320. The van der Waals surface area contributed by atoms with Crippen LogP contribution in [0.2, 0.25) is 0 Å². The molecule has 1 aromatic heterocycles. The molecular weight excluding hydrogens is 218 g/mol. The first-order valence-corrected chi connectivity index (χ1v) is 6.66. The van der Waals surface area contributed by atoms with Gasteiger partial charge in [0, 0.05) is 30.6 Å². The predicted molar refractivity (Wildman–Crippen MR) is 71.1 cm³/mol. The molecule has 16 heavy (non-hydrogen) atoms. The van der Waals surface area contributed by atoms with Gasteiger partial charge in [-0.05, 0) is 34.7 Å². The molecule has 4 heteroatoms. The Morgan fingerprint density at radius 3 is 2.56 bits per heavy atom. The molecule has 92 valence electrons. The van der Waals surface area contributed by atoms with Crippen LogP contribution in [0.15, 0.2) is 0 Å². The summed E-state index contributed by atoms with van der Waals surface area (Å²) in [6.07, 6.45) is 0. The van der Waals surface area contributed by atoms with E-state index in [1.165, 1.54) is 10.6 Å². The van der Waals surface area contributed by atoms with E-state index in [2.05, 4.69) is 49.9 Å². The van der Waals surface area contributed by atoms with Gasteiger partial charge >= 0.3 is 0 Å². The fraction of sp³-hybridized carbons (Fsp3) is 0.750. The summed E-state index contributed by atoms with van der Waals surface area (Å²) in [6.45, 7) is 11.7. The van der Waals surface area contributed by atoms with Crippen molar-refractivity contribution in [3.8, 4) is 0 Å². The van der Waals surface area contributed by atoms with Crippen LogP contribution in [-0.4, -0.2) is 36.1 Å². The fourth-order valence-electron chi connectivity index (χ4n) is 1.45. The van der Waals surface area contributed by atoms with Crippen LogP contribution in [0.1, 0.15) is 29.4 Å². The lowest BCUT2D eigenvalue weighted by molar-refractivity contribution is 0.273. The molecule has 0 saturated heterocycles. The molecule has 0 fully saturated rings. The third-order valence-electron chi connectivity index (χ3n) is 2.81. The van der Waals surface area contributed by atoms with E-state index in [4.69, 9.17) is 0 Å². The van der Waals surface area contributed by atoms with Crippen molar-refractivity contribution in [2.45, 2.75) is 40.3 Å². The number of hydrogen-bond acceptors (Lipinski definition) is 4. The molecule has 0 radical (unpaired) electrons. The number of aromatic nitrogens is 1. The van der Waals surface area contributed by atoms with Gasteiger partial charge in [0.05, 0.1) is 10.7 Å². The maximum absolute atomic E-state index is 4.42. The molecule has 0 aliphatic heterocycles. The molecule has 1 aromatic rings. The summed E-state index contributed by atoms with van der Waals surface area (Å²) in [5.41, 5.74) is 1.17. The number of nitrogens with zero attached hydrogens (tertiary/aromatic N) is 2. The highest BCUT2D eigenvalue weighted by molar-refractivity contribution is 7.11. The van der Waals surface area contributed by atoms with Crippen LogP contribution in [0.25, 0.3) is 0 Å². The van der Waals surface area contributed by atoms with Crippen LogP contribution in [0.4, 0.5) is 0 Å². The minimum Gasteiger partial charge on any atom is -0.311 e. The van der Waals surface area contributed by atoms with Crippen LogP contribution in [0.3, 0.4) is 0 Å². The first-order chi connectivity index (χ1) is 7.50. The van der Waals surface area contributed by atoms with Gasteiger partial charge in [0.25, 0.3) is 0 Å². The topological polar surface area (TPSA) is 28.2 Å².